The highest BCUT2D eigenvalue weighted by molar-refractivity contribution is 7.16. The first-order valence-electron chi connectivity index (χ1n) is 7.74. The van der Waals surface area contributed by atoms with Gasteiger partial charge in [-0.3, -0.25) is 4.79 Å². The Morgan fingerprint density at radius 2 is 2.19 bits per heavy atom. The maximum absolute atomic E-state index is 12.2. The lowest BCUT2D eigenvalue weighted by molar-refractivity contribution is -0.121. The predicted octanol–water partition coefficient (Wildman–Crippen LogP) is 3.74. The van der Waals surface area contributed by atoms with Gasteiger partial charge < -0.3 is 14.8 Å². The van der Waals surface area contributed by atoms with E-state index in [2.05, 4.69) is 17.3 Å². The lowest BCUT2D eigenvalue weighted by Crippen LogP contribution is -2.27. The molecular formula is C19H17ClN2O3S. The Bertz CT molecular complexity index is 851. The Morgan fingerprint density at radius 3 is 2.81 bits per heavy atom. The fourth-order valence-electron chi connectivity index (χ4n) is 2.25. The normalized spacial score (nSPS) is 11.1. The van der Waals surface area contributed by atoms with Crippen LogP contribution < -0.4 is 14.8 Å². The third-order valence-electron chi connectivity index (χ3n) is 3.49. The number of carbonyl (C=O) groups is 1. The van der Waals surface area contributed by atoms with E-state index < -0.39 is 6.04 Å². The van der Waals surface area contributed by atoms with Gasteiger partial charge in [-0.25, -0.2) is 0 Å². The Kier molecular flexibility index (Phi) is 7.35. The second-order valence-corrected chi connectivity index (χ2v) is 7.00. The van der Waals surface area contributed by atoms with Gasteiger partial charge in [-0.1, -0.05) is 23.6 Å². The van der Waals surface area contributed by atoms with E-state index in [1.54, 1.807) is 24.3 Å². The molecule has 1 N–H and O–H groups in total. The molecule has 1 unspecified atom stereocenters. The van der Waals surface area contributed by atoms with Crippen LogP contribution in [0.4, 0.5) is 0 Å². The van der Waals surface area contributed by atoms with Gasteiger partial charge >= 0.3 is 0 Å². The molecule has 0 bridgehead atoms. The zero-order valence-electron chi connectivity index (χ0n) is 14.1. The van der Waals surface area contributed by atoms with Gasteiger partial charge in [0.25, 0.3) is 0 Å². The molecule has 1 aromatic carbocycles. The van der Waals surface area contributed by atoms with Crippen molar-refractivity contribution in [2.75, 3.05) is 13.7 Å². The molecular weight excluding hydrogens is 372 g/mol. The third-order valence-corrected chi connectivity index (χ3v) is 4.79. The van der Waals surface area contributed by atoms with Crippen molar-refractivity contribution in [2.24, 2.45) is 0 Å². The average molecular weight is 389 g/mol. The number of nitrogens with zero attached hydrogens (tertiary/aromatic N) is 1. The van der Waals surface area contributed by atoms with Crippen LogP contribution in [0.15, 0.2) is 30.3 Å². The van der Waals surface area contributed by atoms with Crippen molar-refractivity contribution in [3.8, 4) is 29.9 Å². The topological polar surface area (TPSA) is 71.3 Å². The molecule has 1 amide bonds. The number of amides is 1. The van der Waals surface area contributed by atoms with Crippen molar-refractivity contribution in [3.63, 3.8) is 0 Å². The number of nitrogens with one attached hydrogen (secondary N) is 1. The van der Waals surface area contributed by atoms with Crippen molar-refractivity contribution in [1.29, 1.82) is 5.26 Å². The number of aryl methyl sites for hydroxylation is 1. The van der Waals surface area contributed by atoms with E-state index in [0.29, 0.717) is 27.1 Å². The van der Waals surface area contributed by atoms with Gasteiger partial charge in [-0.2, -0.15) is 5.26 Å². The smallest absolute Gasteiger partial charge is 0.221 e. The number of methoxy groups -OCH3 is 1. The number of thiophene rings is 1. The molecule has 0 aliphatic heterocycles. The van der Waals surface area contributed by atoms with Crippen molar-refractivity contribution in [1.82, 2.24) is 5.32 Å². The molecule has 0 fully saturated rings. The Morgan fingerprint density at radius 1 is 1.38 bits per heavy atom. The number of carbonyl (C=O) groups excluding carboxylic acids is 1. The van der Waals surface area contributed by atoms with Crippen LogP contribution in [0.3, 0.4) is 0 Å². The van der Waals surface area contributed by atoms with E-state index in [-0.39, 0.29) is 18.9 Å². The van der Waals surface area contributed by atoms with Crippen LogP contribution in [0.5, 0.6) is 11.5 Å². The van der Waals surface area contributed by atoms with Gasteiger partial charge in [0.2, 0.25) is 5.91 Å². The number of hydrogen-bond donors (Lipinski definition) is 1. The summed E-state index contributed by atoms with van der Waals surface area (Å²) >= 11 is 7.15. The molecule has 26 heavy (non-hydrogen) atoms. The molecule has 134 valence electrons. The fraction of sp³-hybridized carbons (Fsp3) is 0.263. The summed E-state index contributed by atoms with van der Waals surface area (Å²) in [6.45, 7) is 0.153. The number of rotatable bonds is 8. The van der Waals surface area contributed by atoms with Crippen molar-refractivity contribution in [2.45, 2.75) is 18.9 Å². The van der Waals surface area contributed by atoms with Crippen LogP contribution in [0.1, 0.15) is 22.9 Å². The third kappa shape index (κ3) is 5.42. The van der Waals surface area contributed by atoms with Gasteiger partial charge in [0, 0.05) is 11.3 Å². The molecule has 1 atom stereocenters. The first-order chi connectivity index (χ1) is 12.6. The highest BCUT2D eigenvalue weighted by Crippen LogP contribution is 2.29. The Hall–Kier alpha value is -2.67. The highest BCUT2D eigenvalue weighted by atomic mass is 35.5. The Balaban J connectivity index is 1.94. The maximum Gasteiger partial charge on any atom is 0.221 e. The van der Waals surface area contributed by atoms with Crippen LogP contribution in [-0.2, 0) is 11.2 Å². The monoisotopic (exact) mass is 388 g/mol. The van der Waals surface area contributed by atoms with Crippen molar-refractivity contribution in [3.05, 3.63) is 45.1 Å². The summed E-state index contributed by atoms with van der Waals surface area (Å²) in [5.41, 5.74) is 0.915. The summed E-state index contributed by atoms with van der Waals surface area (Å²) in [4.78, 5) is 12.9. The number of nitriles is 1. The first kappa shape index (κ1) is 19.7. The fourth-order valence-corrected chi connectivity index (χ4v) is 3.30. The second kappa shape index (κ2) is 9.72. The molecule has 0 aliphatic rings. The second-order valence-electron chi connectivity index (χ2n) is 5.25. The summed E-state index contributed by atoms with van der Waals surface area (Å²) < 4.78 is 11.3. The summed E-state index contributed by atoms with van der Waals surface area (Å²) in [6, 6.07) is 10.2. The van der Waals surface area contributed by atoms with E-state index in [9.17, 15) is 10.1 Å². The van der Waals surface area contributed by atoms with E-state index in [4.69, 9.17) is 27.5 Å². The molecule has 0 radical (unpaired) electrons. The highest BCUT2D eigenvalue weighted by Gasteiger charge is 2.16. The molecule has 1 aromatic heterocycles. The first-order valence-corrected chi connectivity index (χ1v) is 8.94. The van der Waals surface area contributed by atoms with Gasteiger partial charge in [0.1, 0.15) is 6.61 Å². The maximum atomic E-state index is 12.2. The lowest BCUT2D eigenvalue weighted by atomic mass is 10.1. The van der Waals surface area contributed by atoms with Crippen LogP contribution in [0, 0.1) is 23.7 Å². The molecule has 7 heteroatoms. The largest absolute Gasteiger partial charge is 0.493 e. The number of halogens is 1. The molecule has 0 spiro atoms. The van der Waals surface area contributed by atoms with Gasteiger partial charge in [0.15, 0.2) is 17.5 Å². The molecule has 5 nitrogen and oxygen atoms in total. The number of ether oxygens (including phenoxy) is 2. The van der Waals surface area contributed by atoms with Crippen molar-refractivity contribution < 1.29 is 14.3 Å². The molecule has 0 saturated heterocycles. The molecule has 2 rings (SSSR count). The minimum absolute atomic E-state index is 0.153. The van der Waals surface area contributed by atoms with E-state index >= 15 is 0 Å². The summed E-state index contributed by atoms with van der Waals surface area (Å²) in [5, 5.41) is 12.0. The minimum atomic E-state index is -0.700. The molecule has 2 aromatic rings. The average Bonchev–Trinajstić information content (AvgIpc) is 3.09. The van der Waals surface area contributed by atoms with Gasteiger partial charge in [0.05, 0.1) is 17.5 Å². The zero-order valence-corrected chi connectivity index (χ0v) is 15.7. The number of hydrogen-bond acceptors (Lipinski definition) is 5. The van der Waals surface area contributed by atoms with Crippen LogP contribution in [0.25, 0.3) is 0 Å². The predicted molar refractivity (Wildman–Crippen MR) is 101 cm³/mol. The molecule has 0 saturated carbocycles. The van der Waals surface area contributed by atoms with Crippen LogP contribution in [0.2, 0.25) is 4.34 Å². The Labute approximate surface area is 161 Å². The summed E-state index contributed by atoms with van der Waals surface area (Å²) in [5.74, 6) is 3.29. The van der Waals surface area contributed by atoms with E-state index in [1.807, 2.05) is 6.07 Å². The quantitative estimate of drug-likeness (QED) is 0.699. The SMILES string of the molecule is C#CCOc1ccc(CCC(=O)NC(C#N)c2ccc(Cl)s2)cc1OC. The molecule has 0 aliphatic carbocycles. The van der Waals surface area contributed by atoms with Gasteiger partial charge in [-0.05, 0) is 36.2 Å². The van der Waals surface area contributed by atoms with Gasteiger partial charge in [-0.15, -0.1) is 17.8 Å². The molecule has 1 heterocycles. The standard InChI is InChI=1S/C19H17ClN2O3S/c1-3-10-25-15-6-4-13(11-16(15)24-2)5-9-19(23)22-14(12-21)17-7-8-18(20)26-17/h1,4,6-8,11,14H,5,9-10H2,2H3,(H,22,23). The lowest BCUT2D eigenvalue weighted by Gasteiger charge is -2.12. The summed E-state index contributed by atoms with van der Waals surface area (Å²) in [7, 11) is 1.54. The van der Waals surface area contributed by atoms with Crippen LogP contribution in [-0.4, -0.2) is 19.6 Å². The zero-order chi connectivity index (χ0) is 18.9. The van der Waals surface area contributed by atoms with Crippen LogP contribution >= 0.6 is 22.9 Å². The minimum Gasteiger partial charge on any atom is -0.493 e. The summed E-state index contributed by atoms with van der Waals surface area (Å²) in [6.07, 6.45) is 5.93. The number of terminal acetylenes is 1. The van der Waals surface area contributed by atoms with E-state index in [0.717, 1.165) is 5.56 Å². The van der Waals surface area contributed by atoms with E-state index in [1.165, 1.54) is 18.4 Å². The van der Waals surface area contributed by atoms with Crippen molar-refractivity contribution >= 4 is 28.8 Å². The number of benzene rings is 1.